The molecule has 6 nitrogen and oxygen atoms in total. The number of nitrogens with one attached hydrogen (secondary N) is 2. The quantitative estimate of drug-likeness (QED) is 0.820. The van der Waals surface area contributed by atoms with Crippen LogP contribution in [0.2, 0.25) is 0 Å². The van der Waals surface area contributed by atoms with Gasteiger partial charge in [-0.05, 0) is 12.5 Å². The van der Waals surface area contributed by atoms with E-state index in [0.29, 0.717) is 18.7 Å². The maximum absolute atomic E-state index is 13.3. The van der Waals surface area contributed by atoms with Crippen molar-refractivity contribution < 1.29 is 17.9 Å². The smallest absolute Gasteiger partial charge is 0.376 e. The Kier molecular flexibility index (Phi) is 3.24. The Morgan fingerprint density at radius 3 is 2.85 bits per heavy atom. The van der Waals surface area contributed by atoms with Gasteiger partial charge in [0, 0.05) is 17.1 Å². The van der Waals surface area contributed by atoms with Gasteiger partial charge in [-0.1, -0.05) is 11.6 Å². The molecule has 2 aromatic heterocycles. The molecule has 2 N–H and O–H groups in total. The number of H-pyrrole nitrogens is 2. The number of aliphatic imine (C=N–C) groups is 1. The van der Waals surface area contributed by atoms with E-state index < -0.39 is 11.9 Å². The molecule has 2 aromatic rings. The summed E-state index contributed by atoms with van der Waals surface area (Å²) in [5.41, 5.74) is 3.16. The third-order valence-corrected chi connectivity index (χ3v) is 5.10. The lowest BCUT2D eigenvalue weighted by Gasteiger charge is -2.36. The average molecular weight is 361 g/mol. The highest BCUT2D eigenvalue weighted by atomic mass is 19.4. The van der Waals surface area contributed by atoms with Gasteiger partial charge in [-0.25, -0.2) is 0 Å². The average Bonchev–Trinajstić information content (AvgIpc) is 3.29. The second kappa shape index (κ2) is 5.41. The van der Waals surface area contributed by atoms with Crippen LogP contribution in [0.3, 0.4) is 0 Å². The predicted molar refractivity (Wildman–Crippen MR) is 86.7 cm³/mol. The van der Waals surface area contributed by atoms with Crippen LogP contribution < -0.4 is 0 Å². The highest BCUT2D eigenvalue weighted by Crippen LogP contribution is 2.44. The zero-order chi connectivity index (χ0) is 17.9. The molecule has 0 aromatic carbocycles. The molecule has 5 rings (SSSR count). The number of hydrogen-bond donors (Lipinski definition) is 2. The van der Waals surface area contributed by atoms with Crippen LogP contribution in [0, 0.1) is 0 Å². The van der Waals surface area contributed by atoms with Crippen molar-refractivity contribution in [2.75, 3.05) is 13.2 Å². The van der Waals surface area contributed by atoms with E-state index in [1.807, 2.05) is 12.2 Å². The summed E-state index contributed by atoms with van der Waals surface area (Å²) in [6, 6.07) is -0.261. The molecule has 26 heavy (non-hydrogen) atoms. The highest BCUT2D eigenvalue weighted by molar-refractivity contribution is 6.15. The SMILES string of the molecule is FC(F)(F)c1[nH]ncc1C1=NC2C=Cc3[nH]ncc3C2C2=C1COCC2. The molecule has 0 amide bonds. The summed E-state index contributed by atoms with van der Waals surface area (Å²) in [5.74, 6) is -0.0161. The first kappa shape index (κ1) is 15.6. The van der Waals surface area contributed by atoms with Crippen LogP contribution in [0.4, 0.5) is 13.2 Å². The van der Waals surface area contributed by atoms with Crippen molar-refractivity contribution in [2.24, 2.45) is 4.99 Å². The van der Waals surface area contributed by atoms with Crippen molar-refractivity contribution in [2.45, 2.75) is 24.6 Å². The fourth-order valence-corrected chi connectivity index (χ4v) is 3.99. The fourth-order valence-electron chi connectivity index (χ4n) is 3.99. The molecular weight excluding hydrogens is 347 g/mol. The molecule has 9 heteroatoms. The minimum atomic E-state index is -4.53. The summed E-state index contributed by atoms with van der Waals surface area (Å²) in [6.45, 7) is 0.792. The molecular formula is C17H14F3N5O. The zero-order valence-corrected chi connectivity index (χ0v) is 13.5. The number of hydrogen-bond acceptors (Lipinski definition) is 4. The maximum atomic E-state index is 13.3. The zero-order valence-electron chi connectivity index (χ0n) is 13.5. The molecule has 0 saturated carbocycles. The lowest BCUT2D eigenvalue weighted by molar-refractivity contribution is -0.141. The van der Waals surface area contributed by atoms with Crippen molar-refractivity contribution in [3.8, 4) is 0 Å². The van der Waals surface area contributed by atoms with Gasteiger partial charge >= 0.3 is 6.18 Å². The molecule has 0 saturated heterocycles. The van der Waals surface area contributed by atoms with Gasteiger partial charge in [0.2, 0.25) is 0 Å². The number of rotatable bonds is 1. The van der Waals surface area contributed by atoms with Gasteiger partial charge in [-0.15, -0.1) is 0 Å². The van der Waals surface area contributed by atoms with Crippen molar-refractivity contribution in [3.63, 3.8) is 0 Å². The second-order valence-electron chi connectivity index (χ2n) is 6.51. The van der Waals surface area contributed by atoms with E-state index >= 15 is 0 Å². The minimum absolute atomic E-state index is 0.0161. The van der Waals surface area contributed by atoms with Crippen molar-refractivity contribution >= 4 is 11.8 Å². The normalized spacial score (nSPS) is 24.8. The summed E-state index contributed by atoms with van der Waals surface area (Å²) < 4.78 is 45.6. The Morgan fingerprint density at radius 2 is 2.00 bits per heavy atom. The van der Waals surface area contributed by atoms with Crippen LogP contribution in [-0.4, -0.2) is 45.4 Å². The predicted octanol–water partition coefficient (Wildman–Crippen LogP) is 2.85. The van der Waals surface area contributed by atoms with Crippen molar-refractivity contribution in [3.05, 3.63) is 52.1 Å². The first-order valence-electron chi connectivity index (χ1n) is 8.24. The monoisotopic (exact) mass is 361 g/mol. The first-order valence-corrected chi connectivity index (χ1v) is 8.24. The molecule has 2 atom stereocenters. The Bertz CT molecular complexity index is 965. The van der Waals surface area contributed by atoms with E-state index in [2.05, 4.69) is 25.4 Å². The van der Waals surface area contributed by atoms with Crippen LogP contribution in [0.25, 0.3) is 6.08 Å². The molecule has 3 aliphatic rings. The minimum Gasteiger partial charge on any atom is -0.376 e. The van der Waals surface area contributed by atoms with Crippen LogP contribution in [0.5, 0.6) is 0 Å². The van der Waals surface area contributed by atoms with E-state index in [9.17, 15) is 13.2 Å². The number of aromatic nitrogens is 4. The van der Waals surface area contributed by atoms with E-state index in [1.54, 1.807) is 6.20 Å². The molecule has 0 spiro atoms. The summed E-state index contributed by atoms with van der Waals surface area (Å²) >= 11 is 0. The summed E-state index contributed by atoms with van der Waals surface area (Å²) in [7, 11) is 0. The number of nitrogens with zero attached hydrogens (tertiary/aromatic N) is 3. The van der Waals surface area contributed by atoms with Gasteiger partial charge in [-0.3, -0.25) is 15.2 Å². The summed E-state index contributed by atoms with van der Waals surface area (Å²) in [4.78, 5) is 4.67. The van der Waals surface area contributed by atoms with Gasteiger partial charge in [0.05, 0.1) is 48.6 Å². The molecule has 2 aliphatic heterocycles. The van der Waals surface area contributed by atoms with Gasteiger partial charge in [0.1, 0.15) is 5.69 Å². The number of ether oxygens (including phenoxy) is 1. The standard InChI is InChI=1S/C17H14F3N5O/c18-17(19,20)16-10(6-22-25-16)15-11-7-26-4-3-8(11)14-9-5-21-24-12(9)1-2-13(14)23-15/h1-2,5-6,13-14H,3-4,7H2,(H,21,24)(H,22,25). The second-order valence-corrected chi connectivity index (χ2v) is 6.51. The van der Waals surface area contributed by atoms with Crippen LogP contribution in [0.1, 0.15) is 34.9 Å². The first-order chi connectivity index (χ1) is 12.5. The third kappa shape index (κ3) is 2.20. The van der Waals surface area contributed by atoms with Crippen molar-refractivity contribution in [1.82, 2.24) is 20.4 Å². The Balaban J connectivity index is 1.69. The highest BCUT2D eigenvalue weighted by Gasteiger charge is 2.42. The van der Waals surface area contributed by atoms with E-state index in [-0.39, 0.29) is 24.1 Å². The number of dihydropyridines is 1. The number of halogens is 3. The van der Waals surface area contributed by atoms with Crippen LogP contribution >= 0.6 is 0 Å². The number of fused-ring (bicyclic) bond motifs is 4. The number of alkyl halides is 3. The maximum Gasteiger partial charge on any atom is 0.433 e. The van der Waals surface area contributed by atoms with Gasteiger partial charge in [0.25, 0.3) is 0 Å². The molecule has 0 bridgehead atoms. The van der Waals surface area contributed by atoms with Gasteiger partial charge in [0.15, 0.2) is 0 Å². The molecule has 4 heterocycles. The Labute approximate surface area is 145 Å². The molecule has 2 unspecified atom stereocenters. The van der Waals surface area contributed by atoms with Gasteiger partial charge < -0.3 is 4.74 Å². The molecule has 0 radical (unpaired) electrons. The molecule has 0 fully saturated rings. The lowest BCUT2D eigenvalue weighted by Crippen LogP contribution is -2.33. The Hall–Kier alpha value is -2.68. The van der Waals surface area contributed by atoms with E-state index in [1.165, 1.54) is 6.20 Å². The molecule has 1 aliphatic carbocycles. The lowest BCUT2D eigenvalue weighted by atomic mass is 9.74. The van der Waals surface area contributed by atoms with E-state index in [4.69, 9.17) is 4.74 Å². The van der Waals surface area contributed by atoms with Gasteiger partial charge in [-0.2, -0.15) is 23.4 Å². The van der Waals surface area contributed by atoms with Crippen molar-refractivity contribution in [1.29, 1.82) is 0 Å². The fraction of sp³-hybridized carbons (Fsp3) is 0.353. The summed E-state index contributed by atoms with van der Waals surface area (Å²) in [6.07, 6.45) is 2.90. The van der Waals surface area contributed by atoms with E-state index in [0.717, 1.165) is 22.4 Å². The summed E-state index contributed by atoms with van der Waals surface area (Å²) in [5, 5.41) is 12.7. The van der Waals surface area contributed by atoms with Crippen LogP contribution in [0.15, 0.2) is 34.6 Å². The Morgan fingerprint density at radius 1 is 1.15 bits per heavy atom. The largest absolute Gasteiger partial charge is 0.433 e. The topological polar surface area (TPSA) is 79.0 Å². The van der Waals surface area contributed by atoms with Crippen LogP contribution in [-0.2, 0) is 10.9 Å². The third-order valence-electron chi connectivity index (χ3n) is 5.10. The number of aromatic amines is 2. The molecule has 134 valence electrons.